The molecule has 116 valence electrons. The summed E-state index contributed by atoms with van der Waals surface area (Å²) >= 11 is 5.95. The van der Waals surface area contributed by atoms with Crippen LogP contribution in [-0.2, 0) is 0 Å². The highest BCUT2D eigenvalue weighted by Crippen LogP contribution is 2.31. The van der Waals surface area contributed by atoms with Crippen LogP contribution in [-0.4, -0.2) is 10.8 Å². The van der Waals surface area contributed by atoms with Gasteiger partial charge in [0.2, 0.25) is 5.76 Å². The quantitative estimate of drug-likeness (QED) is 0.559. The molecule has 1 heterocycles. The Bertz CT molecular complexity index is 936. The molecule has 1 aromatic heterocycles. The first-order valence-corrected chi connectivity index (χ1v) is 6.87. The van der Waals surface area contributed by atoms with E-state index >= 15 is 0 Å². The molecule has 0 fully saturated rings. The highest BCUT2D eigenvalue weighted by molar-refractivity contribution is 6.34. The third kappa shape index (κ3) is 2.69. The molecule has 0 spiro atoms. The summed E-state index contributed by atoms with van der Waals surface area (Å²) < 4.78 is 5.44. The zero-order valence-corrected chi connectivity index (χ0v) is 12.3. The lowest BCUT2D eigenvalue weighted by Crippen LogP contribution is -2.13. The van der Waals surface area contributed by atoms with E-state index in [0.717, 1.165) is 0 Å². The minimum atomic E-state index is -0.638. The van der Waals surface area contributed by atoms with Gasteiger partial charge in [0.25, 0.3) is 11.6 Å². The average molecular weight is 332 g/mol. The molecule has 3 aromatic rings. The van der Waals surface area contributed by atoms with Crippen molar-refractivity contribution in [2.75, 3.05) is 11.1 Å². The summed E-state index contributed by atoms with van der Waals surface area (Å²) in [6.07, 6.45) is 0. The molecule has 7 nitrogen and oxygen atoms in total. The van der Waals surface area contributed by atoms with Crippen LogP contribution in [0.2, 0.25) is 5.02 Å². The molecule has 0 saturated carbocycles. The first kappa shape index (κ1) is 14.9. The van der Waals surface area contributed by atoms with Crippen molar-refractivity contribution >= 4 is 45.5 Å². The van der Waals surface area contributed by atoms with Crippen LogP contribution in [0.1, 0.15) is 10.6 Å². The molecule has 0 unspecified atom stereocenters. The third-order valence-corrected chi connectivity index (χ3v) is 3.58. The van der Waals surface area contributed by atoms with E-state index in [1.807, 2.05) is 0 Å². The number of furan rings is 1. The number of halogens is 1. The fourth-order valence-corrected chi connectivity index (χ4v) is 2.30. The van der Waals surface area contributed by atoms with Crippen molar-refractivity contribution in [3.05, 3.63) is 63.4 Å². The summed E-state index contributed by atoms with van der Waals surface area (Å²) in [5.41, 5.74) is 6.49. The fourth-order valence-electron chi connectivity index (χ4n) is 2.14. The molecule has 0 radical (unpaired) electrons. The molecule has 1 amide bonds. The largest absolute Gasteiger partial charge is 0.449 e. The lowest BCUT2D eigenvalue weighted by Gasteiger charge is -2.06. The minimum absolute atomic E-state index is 0.0752. The molecule has 0 aliphatic carbocycles. The van der Waals surface area contributed by atoms with Crippen molar-refractivity contribution < 1.29 is 14.1 Å². The molecule has 0 aliphatic heterocycles. The number of nitrogens with one attached hydrogen (secondary N) is 1. The van der Waals surface area contributed by atoms with Crippen LogP contribution >= 0.6 is 11.6 Å². The minimum Gasteiger partial charge on any atom is -0.449 e. The normalized spacial score (nSPS) is 10.7. The van der Waals surface area contributed by atoms with E-state index in [1.54, 1.807) is 24.3 Å². The number of amides is 1. The SMILES string of the molecule is Nc1c(C(=O)Nc2cc([N+](=O)[O-])ccc2Cl)oc2ccccc12. The Balaban J connectivity index is 1.96. The molecular weight excluding hydrogens is 322 g/mol. The molecule has 3 N–H and O–H groups in total. The summed E-state index contributed by atoms with van der Waals surface area (Å²) in [7, 11) is 0. The van der Waals surface area contributed by atoms with E-state index in [1.165, 1.54) is 18.2 Å². The summed E-state index contributed by atoms with van der Waals surface area (Å²) in [4.78, 5) is 22.5. The lowest BCUT2D eigenvalue weighted by molar-refractivity contribution is -0.384. The van der Waals surface area contributed by atoms with E-state index in [4.69, 9.17) is 21.8 Å². The highest BCUT2D eigenvalue weighted by Gasteiger charge is 2.20. The van der Waals surface area contributed by atoms with Gasteiger partial charge in [0.05, 0.1) is 21.3 Å². The number of hydrogen-bond acceptors (Lipinski definition) is 5. The Kier molecular flexibility index (Phi) is 3.63. The molecule has 8 heteroatoms. The van der Waals surface area contributed by atoms with Crippen molar-refractivity contribution in [1.82, 2.24) is 0 Å². The highest BCUT2D eigenvalue weighted by atomic mass is 35.5. The molecule has 2 aromatic carbocycles. The number of non-ortho nitro benzene ring substituents is 1. The third-order valence-electron chi connectivity index (χ3n) is 3.25. The second kappa shape index (κ2) is 5.62. The second-order valence-electron chi connectivity index (χ2n) is 4.72. The number of benzene rings is 2. The van der Waals surface area contributed by atoms with Gasteiger partial charge in [0.1, 0.15) is 5.58 Å². The maximum atomic E-state index is 12.3. The number of carbonyl (C=O) groups is 1. The lowest BCUT2D eigenvalue weighted by atomic mass is 10.2. The van der Waals surface area contributed by atoms with E-state index in [0.29, 0.717) is 11.0 Å². The molecular formula is C15H10ClN3O4. The van der Waals surface area contributed by atoms with Gasteiger partial charge in [-0.25, -0.2) is 0 Å². The second-order valence-corrected chi connectivity index (χ2v) is 5.12. The van der Waals surface area contributed by atoms with Crippen molar-refractivity contribution in [1.29, 1.82) is 0 Å². The number of rotatable bonds is 3. The van der Waals surface area contributed by atoms with Gasteiger partial charge in [0.15, 0.2) is 0 Å². The molecule has 0 saturated heterocycles. The van der Waals surface area contributed by atoms with Gasteiger partial charge >= 0.3 is 0 Å². The van der Waals surface area contributed by atoms with Gasteiger partial charge < -0.3 is 15.5 Å². The van der Waals surface area contributed by atoms with E-state index in [-0.39, 0.29) is 27.8 Å². The summed E-state index contributed by atoms with van der Waals surface area (Å²) in [6, 6.07) is 10.7. The fraction of sp³-hybridized carbons (Fsp3) is 0. The maximum Gasteiger partial charge on any atom is 0.293 e. The van der Waals surface area contributed by atoms with Crippen molar-refractivity contribution in [3.8, 4) is 0 Å². The van der Waals surface area contributed by atoms with E-state index < -0.39 is 10.8 Å². The van der Waals surface area contributed by atoms with Gasteiger partial charge in [-0.2, -0.15) is 0 Å². The molecule has 0 bridgehead atoms. The van der Waals surface area contributed by atoms with Crippen LogP contribution in [0.5, 0.6) is 0 Å². The zero-order chi connectivity index (χ0) is 16.6. The predicted molar refractivity (Wildman–Crippen MR) is 86.7 cm³/mol. The molecule has 0 aliphatic rings. The number of nitro groups is 1. The Morgan fingerprint density at radius 1 is 1.26 bits per heavy atom. The number of fused-ring (bicyclic) bond motifs is 1. The van der Waals surface area contributed by atoms with Gasteiger partial charge in [-0.05, 0) is 18.2 Å². The summed E-state index contributed by atoms with van der Waals surface area (Å²) in [5, 5.41) is 14.1. The predicted octanol–water partition coefficient (Wildman–Crippen LogP) is 3.83. The van der Waals surface area contributed by atoms with Crippen molar-refractivity contribution in [2.45, 2.75) is 0 Å². The van der Waals surface area contributed by atoms with Crippen molar-refractivity contribution in [2.24, 2.45) is 0 Å². The first-order chi connectivity index (χ1) is 11.0. The zero-order valence-electron chi connectivity index (χ0n) is 11.6. The van der Waals surface area contributed by atoms with Gasteiger partial charge in [-0.3, -0.25) is 14.9 Å². The molecule has 0 atom stereocenters. The number of nitro benzene ring substituents is 1. The Morgan fingerprint density at radius 3 is 2.70 bits per heavy atom. The van der Waals surface area contributed by atoms with Gasteiger partial charge in [-0.1, -0.05) is 23.7 Å². The van der Waals surface area contributed by atoms with Crippen LogP contribution in [0.15, 0.2) is 46.9 Å². The monoisotopic (exact) mass is 331 g/mol. The average Bonchev–Trinajstić information content (AvgIpc) is 2.87. The number of nitrogens with zero attached hydrogens (tertiary/aromatic N) is 1. The Morgan fingerprint density at radius 2 is 2.00 bits per heavy atom. The molecule has 3 rings (SSSR count). The number of nitrogen functional groups attached to an aromatic ring is 1. The molecule has 23 heavy (non-hydrogen) atoms. The van der Waals surface area contributed by atoms with E-state index in [9.17, 15) is 14.9 Å². The number of carbonyl (C=O) groups excluding carboxylic acids is 1. The number of anilines is 2. The smallest absolute Gasteiger partial charge is 0.293 e. The summed E-state index contributed by atoms with van der Waals surface area (Å²) in [5.74, 6) is -0.713. The van der Waals surface area contributed by atoms with E-state index in [2.05, 4.69) is 5.32 Å². The summed E-state index contributed by atoms with van der Waals surface area (Å²) in [6.45, 7) is 0. The standard InChI is InChI=1S/C15H10ClN3O4/c16-10-6-5-8(19(21)22)7-11(10)18-15(20)14-13(17)9-3-1-2-4-12(9)23-14/h1-7H,17H2,(H,18,20). The first-order valence-electron chi connectivity index (χ1n) is 6.49. The number of nitrogens with two attached hydrogens (primary N) is 1. The maximum absolute atomic E-state index is 12.3. The Labute approximate surface area is 134 Å². The van der Waals surface area contributed by atoms with Gasteiger partial charge in [0, 0.05) is 17.5 Å². The van der Waals surface area contributed by atoms with Crippen LogP contribution in [0.4, 0.5) is 17.1 Å². The Hall–Kier alpha value is -3.06. The number of hydrogen-bond donors (Lipinski definition) is 2. The van der Waals surface area contributed by atoms with Crippen LogP contribution in [0.25, 0.3) is 11.0 Å². The number of para-hydroxylation sites is 1. The van der Waals surface area contributed by atoms with Crippen molar-refractivity contribution in [3.63, 3.8) is 0 Å². The van der Waals surface area contributed by atoms with Crippen LogP contribution < -0.4 is 11.1 Å². The topological polar surface area (TPSA) is 111 Å². The van der Waals surface area contributed by atoms with Gasteiger partial charge in [-0.15, -0.1) is 0 Å². The van der Waals surface area contributed by atoms with Crippen LogP contribution in [0, 0.1) is 10.1 Å². The van der Waals surface area contributed by atoms with Crippen LogP contribution in [0.3, 0.4) is 0 Å².